The van der Waals surface area contributed by atoms with Crippen LogP contribution in [-0.2, 0) is 0 Å². The Labute approximate surface area is 79.2 Å². The summed E-state index contributed by atoms with van der Waals surface area (Å²) in [5, 5.41) is 8.48. The second kappa shape index (κ2) is 7.50. The van der Waals surface area contributed by atoms with E-state index in [2.05, 4.69) is 0 Å². The third-order valence-corrected chi connectivity index (χ3v) is 1.43. The standard InChI is InChI=1S/C9H10O2.C2H6/c10-7-6-9(11)8-4-2-1-3-5-8;1-2/h1-5,10H,6-7H2;1-2H3. The van der Waals surface area contributed by atoms with Crippen molar-refractivity contribution in [1.82, 2.24) is 0 Å². The van der Waals surface area contributed by atoms with Crippen LogP contribution in [0.5, 0.6) is 0 Å². The fourth-order valence-electron chi connectivity index (χ4n) is 0.870. The zero-order valence-electron chi connectivity index (χ0n) is 8.16. The molecule has 0 amide bonds. The van der Waals surface area contributed by atoms with Gasteiger partial charge in [-0.3, -0.25) is 4.79 Å². The van der Waals surface area contributed by atoms with Crippen LogP contribution < -0.4 is 0 Å². The summed E-state index contributed by atoms with van der Waals surface area (Å²) in [6, 6.07) is 8.97. The molecule has 13 heavy (non-hydrogen) atoms. The van der Waals surface area contributed by atoms with Gasteiger partial charge >= 0.3 is 0 Å². The Hall–Kier alpha value is -1.15. The van der Waals surface area contributed by atoms with Crippen LogP contribution in [0.25, 0.3) is 0 Å². The van der Waals surface area contributed by atoms with Gasteiger partial charge in [-0.05, 0) is 0 Å². The van der Waals surface area contributed by atoms with E-state index >= 15 is 0 Å². The Balaban J connectivity index is 0.000000671. The molecule has 0 aliphatic heterocycles. The monoisotopic (exact) mass is 180 g/mol. The summed E-state index contributed by atoms with van der Waals surface area (Å²) in [5.41, 5.74) is 0.668. The molecule has 1 aromatic carbocycles. The molecule has 0 fully saturated rings. The van der Waals surface area contributed by atoms with Gasteiger partial charge < -0.3 is 5.11 Å². The molecule has 0 aromatic heterocycles. The Kier molecular flexibility index (Phi) is 6.83. The number of aliphatic hydroxyl groups excluding tert-OH is 1. The fourth-order valence-corrected chi connectivity index (χ4v) is 0.870. The first-order valence-corrected chi connectivity index (χ1v) is 4.53. The largest absolute Gasteiger partial charge is 0.396 e. The average molecular weight is 180 g/mol. The van der Waals surface area contributed by atoms with E-state index < -0.39 is 0 Å². The fraction of sp³-hybridized carbons (Fsp3) is 0.364. The molecule has 0 saturated heterocycles. The summed E-state index contributed by atoms with van der Waals surface area (Å²) >= 11 is 0. The Morgan fingerprint density at radius 1 is 1.23 bits per heavy atom. The molecule has 0 atom stereocenters. The molecule has 0 heterocycles. The first-order chi connectivity index (χ1) is 6.34. The third kappa shape index (κ3) is 4.43. The van der Waals surface area contributed by atoms with Crippen molar-refractivity contribution in [3.63, 3.8) is 0 Å². The lowest BCUT2D eigenvalue weighted by Gasteiger charge is -1.95. The molecule has 0 saturated carbocycles. The molecule has 1 N–H and O–H groups in total. The predicted molar refractivity (Wildman–Crippen MR) is 53.8 cm³/mol. The minimum Gasteiger partial charge on any atom is -0.396 e. The van der Waals surface area contributed by atoms with E-state index in [0.29, 0.717) is 5.56 Å². The summed E-state index contributed by atoms with van der Waals surface area (Å²) in [5.74, 6) is -0.00639. The lowest BCUT2D eigenvalue weighted by molar-refractivity contribution is 0.0956. The molecular weight excluding hydrogens is 164 g/mol. The molecule has 0 spiro atoms. The van der Waals surface area contributed by atoms with Crippen molar-refractivity contribution in [1.29, 1.82) is 0 Å². The van der Waals surface area contributed by atoms with Gasteiger partial charge in [-0.2, -0.15) is 0 Å². The van der Waals surface area contributed by atoms with Gasteiger partial charge in [-0.15, -0.1) is 0 Å². The molecule has 0 bridgehead atoms. The highest BCUT2D eigenvalue weighted by atomic mass is 16.3. The van der Waals surface area contributed by atoms with Gasteiger partial charge in [0.2, 0.25) is 0 Å². The van der Waals surface area contributed by atoms with Gasteiger partial charge in [0.1, 0.15) is 0 Å². The molecule has 1 rings (SSSR count). The Morgan fingerprint density at radius 3 is 2.23 bits per heavy atom. The van der Waals surface area contributed by atoms with Gasteiger partial charge in [0.25, 0.3) is 0 Å². The maximum absolute atomic E-state index is 11.1. The van der Waals surface area contributed by atoms with Crippen LogP contribution in [0.2, 0.25) is 0 Å². The summed E-state index contributed by atoms with van der Waals surface area (Å²) in [7, 11) is 0. The molecule has 1 aromatic rings. The minimum absolute atomic E-state index is 0.00639. The van der Waals surface area contributed by atoms with Crippen LogP contribution in [0.1, 0.15) is 30.6 Å². The van der Waals surface area contributed by atoms with Gasteiger partial charge in [0, 0.05) is 12.0 Å². The van der Waals surface area contributed by atoms with Crippen molar-refractivity contribution in [2.24, 2.45) is 0 Å². The SMILES string of the molecule is CC.O=C(CCO)c1ccccc1. The van der Waals surface area contributed by atoms with Crippen molar-refractivity contribution < 1.29 is 9.90 Å². The van der Waals surface area contributed by atoms with Crippen LogP contribution in [0, 0.1) is 0 Å². The molecule has 2 nitrogen and oxygen atoms in total. The lowest BCUT2D eigenvalue weighted by Crippen LogP contribution is -2.00. The van der Waals surface area contributed by atoms with Gasteiger partial charge in [-0.1, -0.05) is 44.2 Å². The van der Waals surface area contributed by atoms with Gasteiger partial charge in [0.15, 0.2) is 5.78 Å². The van der Waals surface area contributed by atoms with Crippen molar-refractivity contribution in [2.45, 2.75) is 20.3 Å². The van der Waals surface area contributed by atoms with Crippen molar-refractivity contribution in [3.8, 4) is 0 Å². The number of Topliss-reactive ketones (excluding diaryl/α,β-unsaturated/α-hetero) is 1. The third-order valence-electron chi connectivity index (χ3n) is 1.43. The summed E-state index contributed by atoms with van der Waals surface area (Å²) in [4.78, 5) is 11.1. The van der Waals surface area contributed by atoms with E-state index in [1.165, 1.54) is 0 Å². The normalized spacial score (nSPS) is 8.54. The zero-order valence-corrected chi connectivity index (χ0v) is 8.16. The smallest absolute Gasteiger partial charge is 0.165 e. The van der Waals surface area contributed by atoms with Crippen molar-refractivity contribution in [2.75, 3.05) is 6.61 Å². The number of ketones is 1. The van der Waals surface area contributed by atoms with E-state index in [-0.39, 0.29) is 18.8 Å². The van der Waals surface area contributed by atoms with E-state index in [1.807, 2.05) is 32.0 Å². The maximum Gasteiger partial charge on any atom is 0.165 e. The molecular formula is C11H16O2. The molecule has 2 heteroatoms. The van der Waals surface area contributed by atoms with Crippen LogP contribution >= 0.6 is 0 Å². The van der Waals surface area contributed by atoms with E-state index in [1.54, 1.807) is 12.1 Å². The number of hydrogen-bond donors (Lipinski definition) is 1. The summed E-state index contributed by atoms with van der Waals surface area (Å²) in [6.07, 6.45) is 0.212. The quantitative estimate of drug-likeness (QED) is 0.724. The lowest BCUT2D eigenvalue weighted by atomic mass is 10.1. The number of hydrogen-bond acceptors (Lipinski definition) is 2. The average Bonchev–Trinajstić information content (AvgIpc) is 2.23. The Morgan fingerprint density at radius 2 is 1.77 bits per heavy atom. The first kappa shape index (κ1) is 11.8. The maximum atomic E-state index is 11.1. The summed E-state index contributed by atoms with van der Waals surface area (Å²) < 4.78 is 0. The van der Waals surface area contributed by atoms with Crippen molar-refractivity contribution in [3.05, 3.63) is 35.9 Å². The minimum atomic E-state index is -0.0757. The molecule has 0 radical (unpaired) electrons. The summed E-state index contributed by atoms with van der Waals surface area (Å²) in [6.45, 7) is 3.92. The predicted octanol–water partition coefficient (Wildman–Crippen LogP) is 2.28. The molecule has 0 aliphatic carbocycles. The van der Waals surface area contributed by atoms with E-state index in [4.69, 9.17) is 5.11 Å². The van der Waals surface area contributed by atoms with Crippen LogP contribution in [0.15, 0.2) is 30.3 Å². The zero-order chi connectivity index (χ0) is 10.1. The highest BCUT2D eigenvalue weighted by Crippen LogP contribution is 2.01. The topological polar surface area (TPSA) is 37.3 Å². The second-order valence-corrected chi connectivity index (χ2v) is 2.26. The highest BCUT2D eigenvalue weighted by molar-refractivity contribution is 5.95. The van der Waals surface area contributed by atoms with Crippen LogP contribution in [0.4, 0.5) is 0 Å². The van der Waals surface area contributed by atoms with Crippen molar-refractivity contribution >= 4 is 5.78 Å². The molecule has 72 valence electrons. The molecule has 0 aliphatic rings. The number of carbonyl (C=O) groups is 1. The Bertz CT molecular complexity index is 229. The first-order valence-electron chi connectivity index (χ1n) is 4.53. The van der Waals surface area contributed by atoms with Gasteiger partial charge in [-0.25, -0.2) is 0 Å². The number of carbonyl (C=O) groups excluding carboxylic acids is 1. The number of aliphatic hydroxyl groups is 1. The van der Waals surface area contributed by atoms with E-state index in [0.717, 1.165) is 0 Å². The number of rotatable bonds is 3. The second-order valence-electron chi connectivity index (χ2n) is 2.26. The van der Waals surface area contributed by atoms with Gasteiger partial charge in [0.05, 0.1) is 6.61 Å². The van der Waals surface area contributed by atoms with E-state index in [9.17, 15) is 4.79 Å². The number of benzene rings is 1. The highest BCUT2D eigenvalue weighted by Gasteiger charge is 2.01. The van der Waals surface area contributed by atoms with Crippen LogP contribution in [-0.4, -0.2) is 17.5 Å². The molecule has 0 unspecified atom stereocenters. The van der Waals surface area contributed by atoms with Crippen LogP contribution in [0.3, 0.4) is 0 Å².